The molecule has 0 radical (unpaired) electrons. The number of pyridine rings is 1. The van der Waals surface area contributed by atoms with Gasteiger partial charge in [-0.05, 0) is 24.3 Å². The highest BCUT2D eigenvalue weighted by atomic mass is 16.2. The standard InChI is InChI=1S/C14H11N3O/c15-14(18)16-11-6-5-10-7-9-3-1-2-4-12(9)17-13(10)8-11/h1-8H,(H3,15,16,18). The third kappa shape index (κ3) is 1.84. The topological polar surface area (TPSA) is 68.0 Å². The Morgan fingerprint density at radius 3 is 2.61 bits per heavy atom. The first-order valence-electron chi connectivity index (χ1n) is 5.58. The molecule has 3 rings (SSSR count). The fraction of sp³-hybridized carbons (Fsp3) is 0. The van der Waals surface area contributed by atoms with Gasteiger partial charge in [-0.2, -0.15) is 0 Å². The number of nitrogens with one attached hydrogen (secondary N) is 1. The van der Waals surface area contributed by atoms with Gasteiger partial charge in [0.25, 0.3) is 0 Å². The molecular weight excluding hydrogens is 226 g/mol. The van der Waals surface area contributed by atoms with Crippen molar-refractivity contribution in [3.63, 3.8) is 0 Å². The molecule has 0 unspecified atom stereocenters. The van der Waals surface area contributed by atoms with E-state index in [0.29, 0.717) is 5.69 Å². The number of rotatable bonds is 1. The second-order valence-electron chi connectivity index (χ2n) is 4.08. The minimum absolute atomic E-state index is 0.574. The Hall–Kier alpha value is -2.62. The number of para-hydroxylation sites is 1. The molecule has 0 aliphatic heterocycles. The molecule has 0 aliphatic carbocycles. The first-order chi connectivity index (χ1) is 8.72. The van der Waals surface area contributed by atoms with Crippen LogP contribution < -0.4 is 11.1 Å². The number of aromatic nitrogens is 1. The first kappa shape index (κ1) is 10.5. The Kier molecular flexibility index (Phi) is 2.34. The molecule has 18 heavy (non-hydrogen) atoms. The number of urea groups is 1. The van der Waals surface area contributed by atoms with Gasteiger partial charge in [0.1, 0.15) is 0 Å². The van der Waals surface area contributed by atoms with Crippen molar-refractivity contribution in [1.82, 2.24) is 4.98 Å². The number of hydrogen-bond donors (Lipinski definition) is 2. The van der Waals surface area contributed by atoms with Gasteiger partial charge < -0.3 is 11.1 Å². The SMILES string of the molecule is NC(=O)Nc1ccc2cc3ccccc3nc2c1. The number of nitrogens with two attached hydrogens (primary N) is 1. The van der Waals surface area contributed by atoms with Gasteiger partial charge >= 0.3 is 6.03 Å². The minimum atomic E-state index is -0.574. The van der Waals surface area contributed by atoms with Crippen molar-refractivity contribution in [3.8, 4) is 0 Å². The lowest BCUT2D eigenvalue weighted by Crippen LogP contribution is -2.19. The molecule has 0 bridgehead atoms. The number of amides is 2. The summed E-state index contributed by atoms with van der Waals surface area (Å²) in [5, 5.41) is 4.67. The van der Waals surface area contributed by atoms with Crippen LogP contribution in [0, 0.1) is 0 Å². The highest BCUT2D eigenvalue weighted by Gasteiger charge is 2.02. The Bertz CT molecular complexity index is 752. The number of hydrogen-bond acceptors (Lipinski definition) is 2. The molecule has 0 spiro atoms. The molecule has 3 N–H and O–H groups in total. The summed E-state index contributed by atoms with van der Waals surface area (Å²) in [5.74, 6) is 0. The van der Waals surface area contributed by atoms with Gasteiger partial charge in [0.2, 0.25) is 0 Å². The van der Waals surface area contributed by atoms with Crippen LogP contribution in [-0.2, 0) is 0 Å². The van der Waals surface area contributed by atoms with Gasteiger partial charge in [-0.1, -0.05) is 24.3 Å². The zero-order chi connectivity index (χ0) is 12.5. The van der Waals surface area contributed by atoms with Crippen LogP contribution >= 0.6 is 0 Å². The van der Waals surface area contributed by atoms with Crippen molar-refractivity contribution in [2.45, 2.75) is 0 Å². The zero-order valence-corrected chi connectivity index (χ0v) is 9.55. The average molecular weight is 237 g/mol. The molecule has 1 heterocycles. The van der Waals surface area contributed by atoms with E-state index in [-0.39, 0.29) is 0 Å². The maximum Gasteiger partial charge on any atom is 0.316 e. The molecule has 3 aromatic rings. The lowest BCUT2D eigenvalue weighted by atomic mass is 10.1. The summed E-state index contributed by atoms with van der Waals surface area (Å²) in [5.41, 5.74) is 7.50. The van der Waals surface area contributed by atoms with Gasteiger partial charge in [0.15, 0.2) is 0 Å². The number of benzene rings is 2. The summed E-state index contributed by atoms with van der Waals surface area (Å²) < 4.78 is 0. The van der Waals surface area contributed by atoms with Crippen LogP contribution in [0.1, 0.15) is 0 Å². The van der Waals surface area contributed by atoms with Crippen molar-refractivity contribution in [3.05, 3.63) is 48.5 Å². The fourth-order valence-electron chi connectivity index (χ4n) is 1.99. The van der Waals surface area contributed by atoms with Crippen molar-refractivity contribution in [1.29, 1.82) is 0 Å². The largest absolute Gasteiger partial charge is 0.351 e. The molecule has 4 heteroatoms. The van der Waals surface area contributed by atoms with Crippen molar-refractivity contribution in [2.75, 3.05) is 5.32 Å². The van der Waals surface area contributed by atoms with Crippen LogP contribution in [0.2, 0.25) is 0 Å². The van der Waals surface area contributed by atoms with Crippen LogP contribution in [0.4, 0.5) is 10.5 Å². The Morgan fingerprint density at radius 1 is 1.00 bits per heavy atom. The maximum atomic E-state index is 10.8. The van der Waals surface area contributed by atoms with E-state index in [1.165, 1.54) is 0 Å². The number of primary amides is 1. The van der Waals surface area contributed by atoms with Gasteiger partial charge in [-0.3, -0.25) is 0 Å². The summed E-state index contributed by atoms with van der Waals surface area (Å²) in [7, 11) is 0. The number of carbonyl (C=O) groups is 1. The summed E-state index contributed by atoms with van der Waals surface area (Å²) >= 11 is 0. The minimum Gasteiger partial charge on any atom is -0.351 e. The number of anilines is 1. The fourth-order valence-corrected chi connectivity index (χ4v) is 1.99. The molecule has 0 aliphatic rings. The summed E-state index contributed by atoms with van der Waals surface area (Å²) in [6, 6.07) is 15.0. The van der Waals surface area contributed by atoms with Crippen LogP contribution in [0.25, 0.3) is 21.8 Å². The number of carbonyl (C=O) groups excluding carboxylic acids is 1. The molecule has 0 saturated carbocycles. The molecule has 0 fully saturated rings. The first-order valence-corrected chi connectivity index (χ1v) is 5.58. The lowest BCUT2D eigenvalue weighted by Gasteiger charge is -2.05. The molecule has 1 aromatic heterocycles. The molecule has 88 valence electrons. The zero-order valence-electron chi connectivity index (χ0n) is 9.55. The lowest BCUT2D eigenvalue weighted by molar-refractivity contribution is 0.259. The third-order valence-corrected chi connectivity index (χ3v) is 2.79. The second kappa shape index (κ2) is 4.00. The smallest absolute Gasteiger partial charge is 0.316 e. The highest BCUT2D eigenvalue weighted by Crippen LogP contribution is 2.22. The van der Waals surface area contributed by atoms with Crippen LogP contribution in [0.3, 0.4) is 0 Å². The van der Waals surface area contributed by atoms with Gasteiger partial charge in [0, 0.05) is 16.5 Å². The van der Waals surface area contributed by atoms with E-state index in [2.05, 4.69) is 16.4 Å². The van der Waals surface area contributed by atoms with E-state index in [1.54, 1.807) is 0 Å². The highest BCUT2D eigenvalue weighted by molar-refractivity contribution is 5.96. The molecule has 0 atom stereocenters. The average Bonchev–Trinajstić information content (AvgIpc) is 2.35. The quantitative estimate of drug-likeness (QED) is 0.639. The summed E-state index contributed by atoms with van der Waals surface area (Å²) in [6.45, 7) is 0. The van der Waals surface area contributed by atoms with E-state index >= 15 is 0 Å². The van der Waals surface area contributed by atoms with Gasteiger partial charge in [-0.15, -0.1) is 0 Å². The second-order valence-corrected chi connectivity index (χ2v) is 4.08. The van der Waals surface area contributed by atoms with E-state index in [9.17, 15) is 4.79 Å². The Balaban J connectivity index is 2.20. The summed E-state index contributed by atoms with van der Waals surface area (Å²) in [4.78, 5) is 15.4. The van der Waals surface area contributed by atoms with Crippen molar-refractivity contribution >= 4 is 33.5 Å². The van der Waals surface area contributed by atoms with Crippen LogP contribution in [0.5, 0.6) is 0 Å². The predicted molar refractivity (Wildman–Crippen MR) is 72.5 cm³/mol. The molecule has 4 nitrogen and oxygen atoms in total. The Labute approximate surface area is 103 Å². The van der Waals surface area contributed by atoms with E-state index in [0.717, 1.165) is 21.8 Å². The van der Waals surface area contributed by atoms with Gasteiger partial charge in [0.05, 0.1) is 11.0 Å². The monoisotopic (exact) mass is 237 g/mol. The Morgan fingerprint density at radius 2 is 1.78 bits per heavy atom. The molecule has 2 amide bonds. The molecular formula is C14H11N3O. The summed E-state index contributed by atoms with van der Waals surface area (Å²) in [6.07, 6.45) is 0. The van der Waals surface area contributed by atoms with Gasteiger partial charge in [-0.25, -0.2) is 9.78 Å². The van der Waals surface area contributed by atoms with E-state index < -0.39 is 6.03 Å². The maximum absolute atomic E-state index is 10.8. The molecule has 0 saturated heterocycles. The predicted octanol–water partition coefficient (Wildman–Crippen LogP) is 2.88. The van der Waals surface area contributed by atoms with E-state index in [4.69, 9.17) is 5.73 Å². The van der Waals surface area contributed by atoms with Crippen LogP contribution in [-0.4, -0.2) is 11.0 Å². The van der Waals surface area contributed by atoms with Crippen molar-refractivity contribution < 1.29 is 4.79 Å². The van der Waals surface area contributed by atoms with Crippen LogP contribution in [0.15, 0.2) is 48.5 Å². The molecule has 2 aromatic carbocycles. The third-order valence-electron chi connectivity index (χ3n) is 2.79. The number of fused-ring (bicyclic) bond motifs is 2. The van der Waals surface area contributed by atoms with E-state index in [1.807, 2.05) is 42.5 Å². The number of nitrogens with zero attached hydrogens (tertiary/aromatic N) is 1. The normalized spacial score (nSPS) is 10.7. The van der Waals surface area contributed by atoms with Crippen molar-refractivity contribution in [2.24, 2.45) is 5.73 Å².